The Morgan fingerprint density at radius 1 is 0.938 bits per heavy atom. The minimum absolute atomic E-state index is 0.0395. The average Bonchev–Trinajstić information content (AvgIpc) is 1.98. The van der Waals surface area contributed by atoms with Crippen LogP contribution in [0.4, 0.5) is 0 Å². The van der Waals surface area contributed by atoms with Crippen molar-refractivity contribution in [3.05, 3.63) is 11.6 Å². The summed E-state index contributed by atoms with van der Waals surface area (Å²) in [5.74, 6) is 0. The van der Waals surface area contributed by atoms with Crippen LogP contribution < -0.4 is 0 Å². The van der Waals surface area contributed by atoms with Crippen molar-refractivity contribution in [3.63, 3.8) is 0 Å². The third kappa shape index (κ3) is 11.7. The van der Waals surface area contributed by atoms with E-state index in [-0.39, 0.29) is 11.2 Å². The molecule has 0 rings (SSSR count). The fraction of sp³-hybridized carbons (Fsp3) is 0.857. The van der Waals surface area contributed by atoms with Gasteiger partial charge in [-0.2, -0.15) is 0 Å². The number of hydrogen-bond acceptors (Lipinski definition) is 2. The van der Waals surface area contributed by atoms with Crippen LogP contribution in [0.2, 0.25) is 0 Å². The van der Waals surface area contributed by atoms with Gasteiger partial charge in [0.1, 0.15) is 0 Å². The summed E-state index contributed by atoms with van der Waals surface area (Å²) < 4.78 is 11.3. The molecule has 0 aliphatic rings. The Hall–Kier alpha value is -0.340. The maximum absolute atomic E-state index is 5.67. The first-order chi connectivity index (χ1) is 7.10. The summed E-state index contributed by atoms with van der Waals surface area (Å²) in [6.45, 7) is 16.0. The highest BCUT2D eigenvalue weighted by Crippen LogP contribution is 2.11. The highest BCUT2D eigenvalue weighted by Gasteiger charge is 2.10. The van der Waals surface area contributed by atoms with Gasteiger partial charge < -0.3 is 9.47 Å². The molecule has 0 spiro atoms. The van der Waals surface area contributed by atoms with E-state index in [2.05, 4.69) is 54.5 Å². The summed E-state index contributed by atoms with van der Waals surface area (Å²) in [6, 6.07) is 0. The summed E-state index contributed by atoms with van der Waals surface area (Å²) in [5.41, 5.74) is 1.23. The molecule has 0 saturated heterocycles. The van der Waals surface area contributed by atoms with Gasteiger partial charge >= 0.3 is 0 Å². The van der Waals surface area contributed by atoms with Crippen molar-refractivity contribution in [1.29, 1.82) is 0 Å². The van der Waals surface area contributed by atoms with Crippen molar-refractivity contribution in [2.24, 2.45) is 0 Å². The molecule has 0 aromatic carbocycles. The Labute approximate surface area is 101 Å². The minimum atomic E-state index is -0.0569. The maximum atomic E-state index is 5.67. The lowest BCUT2D eigenvalue weighted by Crippen LogP contribution is -2.20. The molecular weight excluding hydrogens is 200 g/mol. The minimum Gasteiger partial charge on any atom is -0.376 e. The van der Waals surface area contributed by atoms with E-state index in [0.29, 0.717) is 6.61 Å². The van der Waals surface area contributed by atoms with Crippen LogP contribution in [-0.2, 0) is 9.47 Å². The molecule has 96 valence electrons. The zero-order chi connectivity index (χ0) is 12.8. The van der Waals surface area contributed by atoms with Crippen molar-refractivity contribution in [2.75, 3.05) is 13.2 Å². The lowest BCUT2D eigenvalue weighted by molar-refractivity contribution is -0.00137. The van der Waals surface area contributed by atoms with E-state index in [1.807, 2.05) is 0 Å². The van der Waals surface area contributed by atoms with Crippen LogP contribution in [0.15, 0.2) is 11.6 Å². The predicted octanol–water partition coefficient (Wildman–Crippen LogP) is 3.95. The third-order valence-corrected chi connectivity index (χ3v) is 1.98. The van der Waals surface area contributed by atoms with Crippen LogP contribution >= 0.6 is 0 Å². The molecule has 2 nitrogen and oxygen atoms in total. The van der Waals surface area contributed by atoms with Gasteiger partial charge in [-0.25, -0.2) is 0 Å². The first-order valence-corrected chi connectivity index (χ1v) is 6.04. The third-order valence-electron chi connectivity index (χ3n) is 1.98. The molecule has 0 radical (unpaired) electrons. The molecule has 0 aromatic rings. The first-order valence-electron chi connectivity index (χ1n) is 6.04. The molecule has 0 unspecified atom stereocenters. The second-order valence-corrected chi connectivity index (χ2v) is 6.18. The monoisotopic (exact) mass is 228 g/mol. The summed E-state index contributed by atoms with van der Waals surface area (Å²) >= 11 is 0. The van der Waals surface area contributed by atoms with E-state index in [1.54, 1.807) is 0 Å². The zero-order valence-corrected chi connectivity index (χ0v) is 12.0. The van der Waals surface area contributed by atoms with Crippen molar-refractivity contribution < 1.29 is 9.47 Å². The van der Waals surface area contributed by atoms with E-state index in [1.165, 1.54) is 5.57 Å². The number of ether oxygens (including phenoxy) is 2. The van der Waals surface area contributed by atoms with E-state index < -0.39 is 0 Å². The van der Waals surface area contributed by atoms with Gasteiger partial charge in [0.15, 0.2) is 0 Å². The average molecular weight is 228 g/mol. The van der Waals surface area contributed by atoms with E-state index in [9.17, 15) is 0 Å². The molecule has 0 amide bonds. The van der Waals surface area contributed by atoms with Gasteiger partial charge in [0, 0.05) is 0 Å². The lowest BCUT2D eigenvalue weighted by Gasteiger charge is -2.20. The van der Waals surface area contributed by atoms with E-state index >= 15 is 0 Å². The van der Waals surface area contributed by atoms with Gasteiger partial charge in [-0.05, 0) is 54.9 Å². The van der Waals surface area contributed by atoms with Crippen molar-refractivity contribution in [2.45, 2.75) is 66.1 Å². The summed E-state index contributed by atoms with van der Waals surface area (Å²) in [6.07, 6.45) is 3.11. The van der Waals surface area contributed by atoms with Gasteiger partial charge in [0.05, 0.1) is 24.4 Å². The van der Waals surface area contributed by atoms with Gasteiger partial charge in [-0.3, -0.25) is 0 Å². The highest BCUT2D eigenvalue weighted by atomic mass is 16.5. The molecule has 0 aliphatic heterocycles. The zero-order valence-electron chi connectivity index (χ0n) is 12.0. The number of hydrogen-bond donors (Lipinski definition) is 0. The quantitative estimate of drug-likeness (QED) is 0.663. The molecule has 0 aliphatic carbocycles. The highest BCUT2D eigenvalue weighted by molar-refractivity contribution is 4.98. The van der Waals surface area contributed by atoms with Crippen LogP contribution in [0.5, 0.6) is 0 Å². The first kappa shape index (κ1) is 15.7. The van der Waals surface area contributed by atoms with E-state index in [0.717, 1.165) is 13.0 Å². The Morgan fingerprint density at radius 2 is 1.44 bits per heavy atom. The molecule has 0 atom stereocenters. The molecule has 0 bridgehead atoms. The largest absolute Gasteiger partial charge is 0.376 e. The Kier molecular flexibility index (Phi) is 6.27. The fourth-order valence-corrected chi connectivity index (χ4v) is 1.05. The molecule has 0 heterocycles. The number of rotatable bonds is 5. The fourth-order valence-electron chi connectivity index (χ4n) is 1.05. The lowest BCUT2D eigenvalue weighted by atomic mass is 10.1. The molecule has 16 heavy (non-hydrogen) atoms. The molecule has 0 saturated carbocycles. The maximum Gasteiger partial charge on any atom is 0.0657 e. The van der Waals surface area contributed by atoms with Gasteiger partial charge in [-0.15, -0.1) is 0 Å². The van der Waals surface area contributed by atoms with Crippen LogP contribution in [0.1, 0.15) is 54.9 Å². The summed E-state index contributed by atoms with van der Waals surface area (Å²) in [7, 11) is 0. The van der Waals surface area contributed by atoms with Gasteiger partial charge in [-0.1, -0.05) is 11.6 Å². The van der Waals surface area contributed by atoms with Crippen molar-refractivity contribution in [3.8, 4) is 0 Å². The predicted molar refractivity (Wildman–Crippen MR) is 69.8 cm³/mol. The molecular formula is C14H28O2. The molecule has 0 aromatic heterocycles. The molecule has 0 fully saturated rings. The van der Waals surface area contributed by atoms with Crippen molar-refractivity contribution >= 4 is 0 Å². The normalized spacial score (nSPS) is 14.3. The van der Waals surface area contributed by atoms with Gasteiger partial charge in [0.2, 0.25) is 0 Å². The van der Waals surface area contributed by atoms with Crippen LogP contribution in [-0.4, -0.2) is 24.4 Å². The Bertz CT molecular complexity index is 216. The summed E-state index contributed by atoms with van der Waals surface area (Å²) in [4.78, 5) is 0. The van der Waals surface area contributed by atoms with Crippen LogP contribution in [0, 0.1) is 0 Å². The smallest absolute Gasteiger partial charge is 0.0657 e. The standard InChI is InChI=1S/C14H28O2/c1-12(8-10-15-13(2,3)4)9-11-16-14(5,6)7/h8H,9-11H2,1-7H3/b12-8-. The molecule has 2 heteroatoms. The second-order valence-electron chi connectivity index (χ2n) is 6.18. The van der Waals surface area contributed by atoms with Crippen LogP contribution in [0.25, 0.3) is 0 Å². The van der Waals surface area contributed by atoms with E-state index in [4.69, 9.17) is 9.47 Å². The van der Waals surface area contributed by atoms with Crippen LogP contribution in [0.3, 0.4) is 0 Å². The van der Waals surface area contributed by atoms with Gasteiger partial charge in [0.25, 0.3) is 0 Å². The molecule has 0 N–H and O–H groups in total. The van der Waals surface area contributed by atoms with Crippen molar-refractivity contribution in [1.82, 2.24) is 0 Å². The topological polar surface area (TPSA) is 18.5 Å². The second kappa shape index (κ2) is 6.41. The Morgan fingerprint density at radius 3 is 1.88 bits per heavy atom. The Balaban J connectivity index is 3.72. The summed E-state index contributed by atoms with van der Waals surface area (Å²) in [5, 5.41) is 0. The SMILES string of the molecule is C/C(=C/COC(C)(C)C)CCOC(C)(C)C.